The van der Waals surface area contributed by atoms with E-state index in [0.29, 0.717) is 12.1 Å². The number of amides is 1. The minimum absolute atomic E-state index is 0.0342. The normalized spacial score (nSPS) is 12.2. The van der Waals surface area contributed by atoms with Crippen LogP contribution in [0.15, 0.2) is 42.6 Å². The Labute approximate surface area is 177 Å². The molecule has 0 saturated heterocycles. The summed E-state index contributed by atoms with van der Waals surface area (Å²) in [6.45, 7) is 0. The molecule has 0 spiro atoms. The number of nitrogens with one attached hydrogen (secondary N) is 1. The Hall–Kier alpha value is -3.01. The predicted molar refractivity (Wildman–Crippen MR) is 104 cm³/mol. The molecule has 0 bridgehead atoms. The monoisotopic (exact) mass is 461 g/mol. The van der Waals surface area contributed by atoms with E-state index in [1.54, 1.807) is 0 Å². The van der Waals surface area contributed by atoms with Gasteiger partial charge in [0.2, 0.25) is 0 Å². The van der Waals surface area contributed by atoms with E-state index in [1.807, 2.05) is 0 Å². The Morgan fingerprint density at radius 1 is 1.00 bits per heavy atom. The van der Waals surface area contributed by atoms with Crippen molar-refractivity contribution in [3.8, 4) is 0 Å². The lowest BCUT2D eigenvalue weighted by Gasteiger charge is -2.17. The molecule has 31 heavy (non-hydrogen) atoms. The van der Waals surface area contributed by atoms with Crippen LogP contribution in [-0.2, 0) is 12.4 Å². The van der Waals surface area contributed by atoms with Crippen LogP contribution in [0.5, 0.6) is 0 Å². The third-order valence-corrected chi connectivity index (χ3v) is 4.66. The van der Waals surface area contributed by atoms with Gasteiger partial charge in [0.05, 0.1) is 16.7 Å². The Balaban J connectivity index is 2.18. The summed E-state index contributed by atoms with van der Waals surface area (Å²) in [5.74, 6) is -0.476. The number of carbonyl (C=O) groups is 1. The van der Waals surface area contributed by atoms with E-state index in [2.05, 4.69) is 10.3 Å². The highest BCUT2D eigenvalue weighted by molar-refractivity contribution is 6.37. The first-order valence-electron chi connectivity index (χ1n) is 8.64. The van der Waals surface area contributed by atoms with E-state index < -0.39 is 35.1 Å². The van der Waals surface area contributed by atoms with Gasteiger partial charge in [0.1, 0.15) is 5.82 Å². The molecule has 0 aliphatic rings. The van der Waals surface area contributed by atoms with Crippen molar-refractivity contribution in [1.82, 2.24) is 9.88 Å². The van der Waals surface area contributed by atoms with Crippen molar-refractivity contribution >= 4 is 39.8 Å². The highest BCUT2D eigenvalue weighted by atomic mass is 35.5. The summed E-state index contributed by atoms with van der Waals surface area (Å²) in [5.41, 5.74) is -3.27. The lowest BCUT2D eigenvalue weighted by Crippen LogP contribution is -2.22. The number of fused-ring (bicyclic) bond motifs is 1. The molecular weight excluding hydrogens is 448 g/mol. The molecule has 1 amide bonds. The van der Waals surface area contributed by atoms with Crippen LogP contribution in [0.2, 0.25) is 5.02 Å². The molecule has 3 rings (SSSR count). The maximum absolute atomic E-state index is 13.1. The van der Waals surface area contributed by atoms with Crippen molar-refractivity contribution in [2.24, 2.45) is 0 Å². The summed E-state index contributed by atoms with van der Waals surface area (Å²) in [6, 6.07) is 5.66. The fourth-order valence-electron chi connectivity index (χ4n) is 2.92. The van der Waals surface area contributed by atoms with Crippen molar-refractivity contribution in [1.29, 1.82) is 0 Å². The van der Waals surface area contributed by atoms with E-state index in [0.717, 1.165) is 6.20 Å². The van der Waals surface area contributed by atoms with Gasteiger partial charge in [-0.25, -0.2) is 4.98 Å². The maximum atomic E-state index is 13.1. The Morgan fingerprint density at radius 3 is 2.10 bits per heavy atom. The largest absolute Gasteiger partial charge is 0.416 e. The first kappa shape index (κ1) is 22.7. The molecule has 0 aliphatic heterocycles. The van der Waals surface area contributed by atoms with Crippen LogP contribution in [0.3, 0.4) is 0 Å². The second-order valence-corrected chi connectivity index (χ2v) is 7.21. The Morgan fingerprint density at radius 2 is 1.58 bits per heavy atom. The number of carbonyl (C=O) groups excluding carboxylic acids is 1. The predicted octanol–water partition coefficient (Wildman–Crippen LogP) is 6.37. The van der Waals surface area contributed by atoms with Crippen LogP contribution >= 0.6 is 11.6 Å². The number of alkyl halides is 6. The molecule has 0 saturated carbocycles. The number of halogens is 7. The number of hydrogen-bond acceptors (Lipinski definition) is 3. The first-order chi connectivity index (χ1) is 14.3. The first-order valence-corrected chi connectivity index (χ1v) is 9.02. The Kier molecular flexibility index (Phi) is 5.79. The maximum Gasteiger partial charge on any atom is 0.416 e. The zero-order valence-electron chi connectivity index (χ0n) is 16.0. The van der Waals surface area contributed by atoms with Gasteiger partial charge in [-0.15, -0.1) is 0 Å². The molecule has 1 N–H and O–H groups in total. The van der Waals surface area contributed by atoms with E-state index in [-0.39, 0.29) is 33.2 Å². The van der Waals surface area contributed by atoms with Crippen molar-refractivity contribution in [3.63, 3.8) is 0 Å². The zero-order chi connectivity index (χ0) is 23.1. The van der Waals surface area contributed by atoms with Gasteiger partial charge >= 0.3 is 12.4 Å². The topological polar surface area (TPSA) is 45.2 Å². The average molecular weight is 462 g/mol. The summed E-state index contributed by atoms with van der Waals surface area (Å²) in [6.07, 6.45) is -8.81. The molecule has 11 heteroatoms. The molecule has 4 nitrogen and oxygen atoms in total. The summed E-state index contributed by atoms with van der Waals surface area (Å²) in [7, 11) is 3.02. The molecule has 0 radical (unpaired) electrons. The SMILES string of the molecule is CN(C)C(=O)c1cnc(Nc2cc(C(F)(F)F)cc(C(F)(F)F)c2)c2cccc(Cl)c12. The van der Waals surface area contributed by atoms with Crippen molar-refractivity contribution < 1.29 is 31.1 Å². The highest BCUT2D eigenvalue weighted by Gasteiger charge is 2.37. The summed E-state index contributed by atoms with van der Waals surface area (Å²) >= 11 is 6.23. The van der Waals surface area contributed by atoms with Crippen LogP contribution in [-0.4, -0.2) is 29.9 Å². The number of rotatable bonds is 3. The summed E-state index contributed by atoms with van der Waals surface area (Å²) in [5, 5.41) is 3.20. The summed E-state index contributed by atoms with van der Waals surface area (Å²) < 4.78 is 78.8. The average Bonchev–Trinajstić information content (AvgIpc) is 2.66. The molecule has 1 aromatic heterocycles. The van der Waals surface area contributed by atoms with Gasteiger partial charge in [0, 0.05) is 41.8 Å². The molecule has 0 atom stereocenters. The zero-order valence-corrected chi connectivity index (χ0v) is 16.7. The fraction of sp³-hybridized carbons (Fsp3) is 0.200. The molecule has 3 aromatic rings. The quantitative estimate of drug-likeness (QED) is 0.461. The minimum atomic E-state index is -4.99. The van der Waals surface area contributed by atoms with Gasteiger partial charge < -0.3 is 10.2 Å². The van der Waals surface area contributed by atoms with Gasteiger partial charge in [-0.3, -0.25) is 4.79 Å². The number of aromatic nitrogens is 1. The van der Waals surface area contributed by atoms with Gasteiger partial charge in [-0.05, 0) is 24.3 Å². The summed E-state index contributed by atoms with van der Waals surface area (Å²) in [4.78, 5) is 17.8. The van der Waals surface area contributed by atoms with Crippen LogP contribution in [0.4, 0.5) is 37.8 Å². The highest BCUT2D eigenvalue weighted by Crippen LogP contribution is 2.39. The third kappa shape index (κ3) is 4.68. The number of nitrogens with zero attached hydrogens (tertiary/aromatic N) is 2. The molecular formula is C20H14ClF6N3O. The molecule has 1 heterocycles. The van der Waals surface area contributed by atoms with E-state index in [1.165, 1.54) is 37.2 Å². The van der Waals surface area contributed by atoms with Crippen molar-refractivity contribution in [2.45, 2.75) is 12.4 Å². The second-order valence-electron chi connectivity index (χ2n) is 6.80. The van der Waals surface area contributed by atoms with Crippen molar-refractivity contribution in [2.75, 3.05) is 19.4 Å². The second kappa shape index (κ2) is 7.92. The van der Waals surface area contributed by atoms with Gasteiger partial charge in [-0.2, -0.15) is 26.3 Å². The molecule has 0 aliphatic carbocycles. The van der Waals surface area contributed by atoms with Crippen LogP contribution in [0.1, 0.15) is 21.5 Å². The molecule has 0 unspecified atom stereocenters. The fourth-order valence-corrected chi connectivity index (χ4v) is 3.20. The molecule has 164 valence electrons. The van der Waals surface area contributed by atoms with E-state index in [4.69, 9.17) is 11.6 Å². The lowest BCUT2D eigenvalue weighted by atomic mass is 10.1. The van der Waals surface area contributed by atoms with E-state index in [9.17, 15) is 31.1 Å². The standard InChI is InChI=1S/C20H14ClF6N3O/c1-30(2)18(31)14-9-28-17(13-4-3-5-15(21)16(13)14)29-12-7-10(19(22,23)24)6-11(8-12)20(25,26)27/h3-9H,1-2H3,(H,28,29). The number of hydrogen-bond donors (Lipinski definition) is 1. The van der Waals surface area contributed by atoms with Crippen LogP contribution in [0.25, 0.3) is 10.8 Å². The molecule has 2 aromatic carbocycles. The molecule has 0 fully saturated rings. The number of pyridine rings is 1. The van der Waals surface area contributed by atoms with E-state index >= 15 is 0 Å². The van der Waals surface area contributed by atoms with Crippen LogP contribution in [0, 0.1) is 0 Å². The minimum Gasteiger partial charge on any atom is -0.345 e. The smallest absolute Gasteiger partial charge is 0.345 e. The van der Waals surface area contributed by atoms with Gasteiger partial charge in [0.25, 0.3) is 5.91 Å². The third-order valence-electron chi connectivity index (χ3n) is 4.35. The van der Waals surface area contributed by atoms with Crippen molar-refractivity contribution in [3.05, 3.63) is 64.3 Å². The van der Waals surface area contributed by atoms with Gasteiger partial charge in [-0.1, -0.05) is 23.7 Å². The van der Waals surface area contributed by atoms with Gasteiger partial charge in [0.15, 0.2) is 0 Å². The number of benzene rings is 2. The van der Waals surface area contributed by atoms with Crippen LogP contribution < -0.4 is 5.32 Å². The Bertz CT molecular complexity index is 1130. The lowest BCUT2D eigenvalue weighted by molar-refractivity contribution is -0.143. The number of anilines is 2.